The molecule has 0 aromatic heterocycles. The van der Waals surface area contributed by atoms with Crippen molar-refractivity contribution in [2.24, 2.45) is 0 Å². The number of nitrogens with zero attached hydrogens (tertiary/aromatic N) is 1. The summed E-state index contributed by atoms with van der Waals surface area (Å²) in [7, 11) is 0. The molecular weight excluding hydrogens is 663 g/mol. The Morgan fingerprint density at radius 2 is 0.800 bits per heavy atom. The van der Waals surface area contributed by atoms with E-state index in [1.54, 1.807) is 0 Å². The van der Waals surface area contributed by atoms with Gasteiger partial charge in [-0.05, 0) is 104 Å². The minimum absolute atomic E-state index is 0.315. The predicted molar refractivity (Wildman–Crippen MR) is 232 cm³/mol. The molecule has 1 aliphatic carbocycles. The van der Waals surface area contributed by atoms with Crippen LogP contribution in [0.15, 0.2) is 218 Å². The fraction of sp³-hybridized carbons (Fsp3) is 0.0370. The van der Waals surface area contributed by atoms with Gasteiger partial charge in [-0.25, -0.2) is 0 Å². The second-order valence-corrected chi connectivity index (χ2v) is 14.6. The van der Waals surface area contributed by atoms with Crippen LogP contribution in [0.25, 0.3) is 55.3 Å². The van der Waals surface area contributed by atoms with Gasteiger partial charge in [0.25, 0.3) is 0 Å². The average molecular weight is 702 g/mol. The molecule has 0 unspecified atom stereocenters. The molecule has 0 amide bonds. The molecule has 9 aromatic rings. The van der Waals surface area contributed by atoms with Crippen molar-refractivity contribution < 1.29 is 0 Å². The Kier molecular flexibility index (Phi) is 8.00. The summed E-state index contributed by atoms with van der Waals surface area (Å²) < 4.78 is 0. The van der Waals surface area contributed by atoms with Crippen LogP contribution < -0.4 is 4.90 Å². The monoisotopic (exact) mass is 701 g/mol. The van der Waals surface area contributed by atoms with Gasteiger partial charge in [0.1, 0.15) is 0 Å². The maximum Gasteiger partial charge on any atom is 0.0540 e. The van der Waals surface area contributed by atoms with Crippen LogP contribution in [0.4, 0.5) is 17.1 Å². The van der Waals surface area contributed by atoms with Crippen molar-refractivity contribution in [3.63, 3.8) is 0 Å². The molecule has 0 N–H and O–H groups in total. The van der Waals surface area contributed by atoms with Crippen LogP contribution in [0.3, 0.4) is 0 Å². The minimum Gasteiger partial charge on any atom is -0.310 e. The van der Waals surface area contributed by atoms with Crippen LogP contribution in [-0.2, 0) is 5.41 Å². The molecule has 0 saturated heterocycles. The number of fused-ring (bicyclic) bond motifs is 4. The quantitative estimate of drug-likeness (QED) is 0.160. The summed E-state index contributed by atoms with van der Waals surface area (Å²) in [6.07, 6.45) is 0. The summed E-state index contributed by atoms with van der Waals surface area (Å²) in [6.45, 7) is 2.40. The molecule has 0 bridgehead atoms. The van der Waals surface area contributed by atoms with Gasteiger partial charge in [-0.3, -0.25) is 0 Å². The predicted octanol–water partition coefficient (Wildman–Crippen LogP) is 14.6. The van der Waals surface area contributed by atoms with E-state index in [4.69, 9.17) is 0 Å². The molecule has 0 spiro atoms. The van der Waals surface area contributed by atoms with E-state index >= 15 is 0 Å². The van der Waals surface area contributed by atoms with Gasteiger partial charge in [0, 0.05) is 22.2 Å². The molecule has 0 fully saturated rings. The van der Waals surface area contributed by atoms with Gasteiger partial charge in [-0.15, -0.1) is 0 Å². The van der Waals surface area contributed by atoms with Gasteiger partial charge >= 0.3 is 0 Å². The lowest BCUT2D eigenvalue weighted by atomic mass is 9.74. The van der Waals surface area contributed by atoms with Gasteiger partial charge in [0.15, 0.2) is 0 Å². The molecule has 1 aliphatic rings. The summed E-state index contributed by atoms with van der Waals surface area (Å²) in [5.74, 6) is 0. The van der Waals surface area contributed by atoms with E-state index in [0.717, 1.165) is 17.1 Å². The molecule has 0 saturated carbocycles. The number of rotatable bonds is 7. The zero-order chi connectivity index (χ0) is 36.8. The summed E-state index contributed by atoms with van der Waals surface area (Å²) >= 11 is 0. The van der Waals surface area contributed by atoms with Gasteiger partial charge in [0.05, 0.1) is 5.69 Å². The fourth-order valence-corrected chi connectivity index (χ4v) is 8.91. The van der Waals surface area contributed by atoms with Gasteiger partial charge in [-0.1, -0.05) is 188 Å². The summed E-state index contributed by atoms with van der Waals surface area (Å²) in [5, 5.41) is 2.43. The molecule has 1 heteroatoms. The highest BCUT2D eigenvalue weighted by Gasteiger charge is 2.40. The maximum absolute atomic E-state index is 2.46. The summed E-state index contributed by atoms with van der Waals surface area (Å²) in [5.41, 5.74) is 16.9. The Labute approximate surface area is 323 Å². The molecule has 0 heterocycles. The SMILES string of the molecule is CC1(c2cccc(N(c3cccc(-c4ccccc4-c4ccccc4)c3)c3ccc(-c4ccccc4)c4ccccc34)c2)c2ccccc2-c2ccccc21. The van der Waals surface area contributed by atoms with Crippen molar-refractivity contribution in [2.75, 3.05) is 4.90 Å². The lowest BCUT2D eigenvalue weighted by Crippen LogP contribution is -2.23. The first-order chi connectivity index (χ1) is 27.2. The van der Waals surface area contributed by atoms with Crippen molar-refractivity contribution in [1.82, 2.24) is 0 Å². The first-order valence-electron chi connectivity index (χ1n) is 19.1. The zero-order valence-corrected chi connectivity index (χ0v) is 30.7. The summed E-state index contributed by atoms with van der Waals surface area (Å²) in [6, 6.07) is 79.7. The molecule has 0 atom stereocenters. The molecule has 0 aliphatic heterocycles. The van der Waals surface area contributed by atoms with Crippen LogP contribution in [0.1, 0.15) is 23.6 Å². The Morgan fingerprint density at radius 1 is 0.327 bits per heavy atom. The van der Waals surface area contributed by atoms with Crippen LogP contribution in [-0.4, -0.2) is 0 Å². The van der Waals surface area contributed by atoms with E-state index in [0.29, 0.717) is 0 Å². The van der Waals surface area contributed by atoms with Crippen molar-refractivity contribution >= 4 is 27.8 Å². The van der Waals surface area contributed by atoms with Crippen molar-refractivity contribution in [3.8, 4) is 44.5 Å². The molecule has 260 valence electrons. The fourth-order valence-electron chi connectivity index (χ4n) is 8.91. The second kappa shape index (κ2) is 13.5. The van der Waals surface area contributed by atoms with E-state index in [9.17, 15) is 0 Å². The third-order valence-corrected chi connectivity index (χ3v) is 11.6. The van der Waals surface area contributed by atoms with Crippen LogP contribution in [0.5, 0.6) is 0 Å². The topological polar surface area (TPSA) is 3.24 Å². The zero-order valence-electron chi connectivity index (χ0n) is 30.7. The Bertz CT molecular complexity index is 2790. The molecular formula is C54H39N. The number of hydrogen-bond donors (Lipinski definition) is 0. The highest BCUT2D eigenvalue weighted by atomic mass is 15.1. The first-order valence-corrected chi connectivity index (χ1v) is 19.1. The third-order valence-electron chi connectivity index (χ3n) is 11.6. The molecule has 10 rings (SSSR count). The normalized spacial score (nSPS) is 12.6. The highest BCUT2D eigenvalue weighted by molar-refractivity contribution is 6.06. The Balaban J connectivity index is 1.20. The second-order valence-electron chi connectivity index (χ2n) is 14.6. The average Bonchev–Trinajstić information content (AvgIpc) is 3.53. The third kappa shape index (κ3) is 5.47. The standard InChI is InChI=1S/C54H39N/c1-54(51-32-14-12-29-48(51)49-30-13-15-33-52(49)54)41-23-17-25-43(37-41)55(53-35-34-46(39-20-6-3-7-21-39)47-28-10-11-31-50(47)53)42-24-16-22-40(36-42)45-27-9-8-26-44(45)38-18-4-2-5-19-38/h2-37H,1H3. The van der Waals surface area contributed by atoms with Crippen molar-refractivity contribution in [2.45, 2.75) is 12.3 Å². The van der Waals surface area contributed by atoms with E-state index in [-0.39, 0.29) is 5.41 Å². The number of benzene rings is 9. The smallest absolute Gasteiger partial charge is 0.0540 e. The maximum atomic E-state index is 2.46. The van der Waals surface area contributed by atoms with Gasteiger partial charge in [0.2, 0.25) is 0 Å². The van der Waals surface area contributed by atoms with E-state index in [2.05, 4.69) is 230 Å². The largest absolute Gasteiger partial charge is 0.310 e. The van der Waals surface area contributed by atoms with Gasteiger partial charge in [-0.2, -0.15) is 0 Å². The van der Waals surface area contributed by atoms with E-state index in [1.165, 1.54) is 72.0 Å². The molecule has 0 radical (unpaired) electrons. The van der Waals surface area contributed by atoms with Crippen molar-refractivity contribution in [1.29, 1.82) is 0 Å². The molecule has 55 heavy (non-hydrogen) atoms. The number of anilines is 3. The summed E-state index contributed by atoms with van der Waals surface area (Å²) in [4.78, 5) is 2.46. The molecule has 1 nitrogen and oxygen atoms in total. The lowest BCUT2D eigenvalue weighted by molar-refractivity contribution is 0.714. The first kappa shape index (κ1) is 32.7. The van der Waals surface area contributed by atoms with E-state index < -0.39 is 0 Å². The Hall–Kier alpha value is -6.96. The van der Waals surface area contributed by atoms with Crippen LogP contribution in [0, 0.1) is 0 Å². The van der Waals surface area contributed by atoms with Crippen LogP contribution in [0.2, 0.25) is 0 Å². The van der Waals surface area contributed by atoms with E-state index in [1.807, 2.05) is 0 Å². The van der Waals surface area contributed by atoms with Crippen LogP contribution >= 0.6 is 0 Å². The van der Waals surface area contributed by atoms with Crippen molar-refractivity contribution in [3.05, 3.63) is 235 Å². The Morgan fingerprint density at radius 3 is 1.45 bits per heavy atom. The lowest BCUT2D eigenvalue weighted by Gasteiger charge is -2.32. The minimum atomic E-state index is -0.315. The highest BCUT2D eigenvalue weighted by Crippen LogP contribution is 2.53. The molecule has 9 aromatic carbocycles. The van der Waals surface area contributed by atoms with Gasteiger partial charge < -0.3 is 4.90 Å². The number of hydrogen-bond acceptors (Lipinski definition) is 1.